The van der Waals surface area contributed by atoms with Gasteiger partial charge in [0.25, 0.3) is 5.91 Å². The van der Waals surface area contributed by atoms with E-state index in [2.05, 4.69) is 31.8 Å². The average molecular weight is 392 g/mol. The van der Waals surface area contributed by atoms with Crippen LogP contribution in [0, 0.1) is 5.82 Å². The molecule has 124 valence electrons. The number of anilines is 1. The highest BCUT2D eigenvalue weighted by Crippen LogP contribution is 2.15. The lowest BCUT2D eigenvalue weighted by molar-refractivity contribution is -0.115. The summed E-state index contributed by atoms with van der Waals surface area (Å²) in [5, 5.41) is 6.53. The lowest BCUT2D eigenvalue weighted by Gasteiger charge is -2.06. The van der Waals surface area contributed by atoms with E-state index in [9.17, 15) is 14.0 Å². The van der Waals surface area contributed by atoms with Crippen molar-refractivity contribution < 1.29 is 14.0 Å². The molecular weight excluding hydrogens is 377 g/mol. The maximum absolute atomic E-state index is 12.8. The van der Waals surface area contributed by atoms with Gasteiger partial charge >= 0.3 is 0 Å². The number of amides is 2. The summed E-state index contributed by atoms with van der Waals surface area (Å²) in [4.78, 5) is 23.9. The molecule has 0 heterocycles. The molecule has 0 saturated heterocycles. The van der Waals surface area contributed by atoms with Crippen LogP contribution in [0.2, 0.25) is 0 Å². The first kappa shape index (κ1) is 17.8. The number of hydrogen-bond acceptors (Lipinski definition) is 3. The Hall–Kier alpha value is -2.54. The number of benzene rings is 2. The monoisotopic (exact) mass is 391 g/mol. The van der Waals surface area contributed by atoms with Crippen LogP contribution in [-0.2, 0) is 4.79 Å². The van der Waals surface area contributed by atoms with Crippen LogP contribution in [0.25, 0.3) is 0 Å². The first-order valence-corrected chi connectivity index (χ1v) is 7.88. The normalized spacial score (nSPS) is 11.0. The molecule has 0 fully saturated rings. The van der Waals surface area contributed by atoms with Gasteiger partial charge in [0.2, 0.25) is 5.91 Å². The van der Waals surface area contributed by atoms with Crippen LogP contribution < -0.4 is 10.7 Å². The minimum Gasteiger partial charge on any atom is -0.326 e. The minimum atomic E-state index is -0.375. The second-order valence-electron chi connectivity index (χ2n) is 5.00. The molecule has 0 unspecified atom stereocenters. The summed E-state index contributed by atoms with van der Waals surface area (Å²) < 4.78 is 13.5. The third-order valence-corrected chi connectivity index (χ3v) is 3.70. The van der Waals surface area contributed by atoms with Crippen molar-refractivity contribution >= 4 is 39.1 Å². The third-order valence-electron chi connectivity index (χ3n) is 3.01. The number of hydrazone groups is 1. The molecule has 0 aliphatic heterocycles. The third kappa shape index (κ3) is 5.27. The van der Waals surface area contributed by atoms with E-state index in [4.69, 9.17) is 0 Å². The van der Waals surface area contributed by atoms with E-state index in [1.807, 2.05) is 0 Å². The molecular formula is C17H15BrFN3O2. The summed E-state index contributed by atoms with van der Waals surface area (Å²) in [6.07, 6.45) is 0.00756. The van der Waals surface area contributed by atoms with Crippen molar-refractivity contribution in [1.82, 2.24) is 5.43 Å². The van der Waals surface area contributed by atoms with Crippen LogP contribution >= 0.6 is 15.9 Å². The Morgan fingerprint density at radius 2 is 1.79 bits per heavy atom. The van der Waals surface area contributed by atoms with E-state index in [0.717, 1.165) is 0 Å². The van der Waals surface area contributed by atoms with Crippen molar-refractivity contribution in [3.63, 3.8) is 0 Å². The summed E-state index contributed by atoms with van der Waals surface area (Å²) in [6.45, 7) is 1.63. The highest BCUT2D eigenvalue weighted by Gasteiger charge is 2.09. The van der Waals surface area contributed by atoms with E-state index < -0.39 is 0 Å². The molecule has 2 rings (SSSR count). The highest BCUT2D eigenvalue weighted by molar-refractivity contribution is 9.10. The minimum absolute atomic E-state index is 0.00756. The summed E-state index contributed by atoms with van der Waals surface area (Å²) in [7, 11) is 0. The van der Waals surface area contributed by atoms with Gasteiger partial charge in [-0.25, -0.2) is 9.82 Å². The molecule has 0 atom stereocenters. The molecule has 5 nitrogen and oxygen atoms in total. The van der Waals surface area contributed by atoms with Crippen LogP contribution in [0.4, 0.5) is 10.1 Å². The molecule has 24 heavy (non-hydrogen) atoms. The van der Waals surface area contributed by atoms with E-state index in [-0.39, 0.29) is 24.1 Å². The summed E-state index contributed by atoms with van der Waals surface area (Å²) in [5.74, 6) is -1.06. The summed E-state index contributed by atoms with van der Waals surface area (Å²) in [6, 6.07) is 12.4. The van der Waals surface area contributed by atoms with Crippen molar-refractivity contribution in [2.45, 2.75) is 13.3 Å². The fourth-order valence-corrected chi connectivity index (χ4v) is 2.33. The molecule has 0 aromatic heterocycles. The van der Waals surface area contributed by atoms with Crippen molar-refractivity contribution in [2.75, 3.05) is 5.32 Å². The Morgan fingerprint density at radius 1 is 1.12 bits per heavy atom. The number of nitrogens with one attached hydrogen (secondary N) is 2. The topological polar surface area (TPSA) is 70.6 Å². The van der Waals surface area contributed by atoms with Crippen molar-refractivity contribution in [2.24, 2.45) is 5.10 Å². The van der Waals surface area contributed by atoms with E-state index >= 15 is 0 Å². The quantitative estimate of drug-likeness (QED) is 0.602. The Kier molecular flexibility index (Phi) is 6.20. The van der Waals surface area contributed by atoms with Gasteiger partial charge in [0.15, 0.2) is 0 Å². The van der Waals surface area contributed by atoms with Gasteiger partial charge in [0, 0.05) is 15.9 Å². The van der Waals surface area contributed by atoms with Crippen LogP contribution in [0.1, 0.15) is 23.7 Å². The zero-order valence-corrected chi connectivity index (χ0v) is 14.4. The van der Waals surface area contributed by atoms with Crippen molar-refractivity contribution in [3.05, 3.63) is 64.4 Å². The Balaban J connectivity index is 1.89. The fraction of sp³-hybridized carbons (Fsp3) is 0.118. The van der Waals surface area contributed by atoms with Gasteiger partial charge in [0.05, 0.1) is 12.0 Å². The summed E-state index contributed by atoms with van der Waals surface area (Å²) in [5.41, 5.74) is 3.79. The molecule has 0 aliphatic carbocycles. The van der Waals surface area contributed by atoms with Gasteiger partial charge in [-0.05, 0) is 59.3 Å². The zero-order valence-electron chi connectivity index (χ0n) is 12.8. The summed E-state index contributed by atoms with van der Waals surface area (Å²) >= 11 is 3.29. The lowest BCUT2D eigenvalue weighted by Crippen LogP contribution is -2.21. The van der Waals surface area contributed by atoms with Gasteiger partial charge in [-0.1, -0.05) is 12.1 Å². The van der Waals surface area contributed by atoms with Crippen LogP contribution in [0.5, 0.6) is 0 Å². The smallest absolute Gasteiger partial charge is 0.272 e. The lowest BCUT2D eigenvalue weighted by atomic mass is 10.2. The second-order valence-corrected chi connectivity index (χ2v) is 5.85. The molecule has 0 aliphatic rings. The standard InChI is InChI=1S/C17H15BrFN3O2/c1-11(10-16(23)20-13-8-6-12(19)7-9-13)21-22-17(24)14-4-2-3-5-15(14)18/h2-9H,10H2,1H3,(H,20,23)(H,22,24)/b21-11+. The molecule has 0 saturated carbocycles. The van der Waals surface area contributed by atoms with Gasteiger partial charge in [-0.15, -0.1) is 0 Å². The maximum atomic E-state index is 12.8. The number of carbonyl (C=O) groups excluding carboxylic acids is 2. The van der Waals surface area contributed by atoms with E-state index in [1.54, 1.807) is 31.2 Å². The predicted octanol–water partition coefficient (Wildman–Crippen LogP) is 3.72. The first-order valence-electron chi connectivity index (χ1n) is 7.09. The van der Waals surface area contributed by atoms with Crippen LogP contribution in [-0.4, -0.2) is 17.5 Å². The SMILES string of the molecule is C/C(CC(=O)Nc1ccc(F)cc1)=N\NC(=O)c1ccccc1Br. The van der Waals surface area contributed by atoms with Gasteiger partial charge in [-0.3, -0.25) is 9.59 Å². The van der Waals surface area contributed by atoms with E-state index in [0.29, 0.717) is 21.4 Å². The molecule has 7 heteroatoms. The molecule has 2 N–H and O–H groups in total. The fourth-order valence-electron chi connectivity index (χ4n) is 1.86. The van der Waals surface area contributed by atoms with Gasteiger partial charge < -0.3 is 5.32 Å². The molecule has 0 radical (unpaired) electrons. The Labute approximate surface area is 147 Å². The number of rotatable bonds is 5. The largest absolute Gasteiger partial charge is 0.326 e. The molecule has 2 amide bonds. The van der Waals surface area contributed by atoms with E-state index in [1.165, 1.54) is 24.3 Å². The molecule has 2 aromatic carbocycles. The highest BCUT2D eigenvalue weighted by atomic mass is 79.9. The van der Waals surface area contributed by atoms with Gasteiger partial charge in [-0.2, -0.15) is 5.10 Å². The predicted molar refractivity (Wildman–Crippen MR) is 94.4 cm³/mol. The molecule has 2 aromatic rings. The molecule has 0 spiro atoms. The van der Waals surface area contributed by atoms with Gasteiger partial charge in [0.1, 0.15) is 5.82 Å². The second kappa shape index (κ2) is 8.35. The first-order chi connectivity index (χ1) is 11.5. The Bertz CT molecular complexity index is 776. The van der Waals surface area contributed by atoms with Crippen LogP contribution in [0.3, 0.4) is 0 Å². The number of halogens is 2. The Morgan fingerprint density at radius 3 is 2.46 bits per heavy atom. The number of nitrogens with zero attached hydrogens (tertiary/aromatic N) is 1. The number of hydrogen-bond donors (Lipinski definition) is 2. The maximum Gasteiger partial charge on any atom is 0.272 e. The van der Waals surface area contributed by atoms with Crippen molar-refractivity contribution in [3.8, 4) is 0 Å². The zero-order chi connectivity index (χ0) is 17.5. The van der Waals surface area contributed by atoms with Crippen molar-refractivity contribution in [1.29, 1.82) is 0 Å². The number of carbonyl (C=O) groups is 2. The van der Waals surface area contributed by atoms with Crippen LogP contribution in [0.15, 0.2) is 58.1 Å². The average Bonchev–Trinajstić information content (AvgIpc) is 2.55. The molecule has 0 bridgehead atoms.